The molecule has 0 saturated carbocycles. The van der Waals surface area contributed by atoms with E-state index >= 15 is 0 Å². The van der Waals surface area contributed by atoms with Crippen LogP contribution in [0, 0.1) is 6.92 Å². The highest BCUT2D eigenvalue weighted by Crippen LogP contribution is 2.22. The minimum absolute atomic E-state index is 0.138. The Bertz CT molecular complexity index is 482. The summed E-state index contributed by atoms with van der Waals surface area (Å²) >= 11 is 0. The highest BCUT2D eigenvalue weighted by molar-refractivity contribution is 5.87. The number of ether oxygens (including phenoxy) is 2. The van der Waals surface area contributed by atoms with Gasteiger partial charge < -0.3 is 9.47 Å². The zero-order valence-corrected chi connectivity index (χ0v) is 12.1. The molecule has 4 heteroatoms. The predicted octanol–water partition coefficient (Wildman–Crippen LogP) is 3.14. The summed E-state index contributed by atoms with van der Waals surface area (Å²) < 4.78 is 10.6. The topological polar surface area (TPSA) is 48.4 Å². The highest BCUT2D eigenvalue weighted by Gasteiger charge is 2.14. The van der Waals surface area contributed by atoms with Gasteiger partial charge in [-0.25, -0.2) is 4.79 Å². The first-order chi connectivity index (χ1) is 9.58. The molecule has 1 heterocycles. The van der Waals surface area contributed by atoms with Crippen LogP contribution in [0.25, 0.3) is 0 Å². The van der Waals surface area contributed by atoms with Gasteiger partial charge in [0.05, 0.1) is 24.9 Å². The van der Waals surface area contributed by atoms with E-state index in [-0.39, 0.29) is 12.7 Å². The van der Waals surface area contributed by atoms with E-state index in [2.05, 4.69) is 18.1 Å². The molecule has 0 spiro atoms. The van der Waals surface area contributed by atoms with Crippen molar-refractivity contribution in [2.24, 2.45) is 0 Å². The normalized spacial score (nSPS) is 11.7. The summed E-state index contributed by atoms with van der Waals surface area (Å²) in [5.74, 6) is -0.421. The van der Waals surface area contributed by atoms with Gasteiger partial charge >= 0.3 is 5.97 Å². The first-order valence-corrected chi connectivity index (χ1v) is 6.58. The van der Waals surface area contributed by atoms with Crippen LogP contribution < -0.4 is 0 Å². The largest absolute Gasteiger partial charge is 0.463 e. The molecule has 1 unspecified atom stereocenters. The van der Waals surface area contributed by atoms with Crippen molar-refractivity contribution < 1.29 is 14.3 Å². The summed E-state index contributed by atoms with van der Waals surface area (Å²) in [6.45, 7) is 11.6. The molecular weight excluding hydrogens is 254 g/mol. The second-order valence-corrected chi connectivity index (χ2v) is 4.38. The monoisotopic (exact) mass is 275 g/mol. The molecule has 1 atom stereocenters. The van der Waals surface area contributed by atoms with Gasteiger partial charge in [-0.2, -0.15) is 0 Å². The Hall–Kier alpha value is -1.94. The lowest BCUT2D eigenvalue weighted by atomic mass is 10.1. The van der Waals surface area contributed by atoms with Crippen molar-refractivity contribution in [2.75, 3.05) is 13.2 Å². The molecular formula is C16H21NO3. The molecule has 1 aromatic rings. The smallest absolute Gasteiger partial charge is 0.335 e. The van der Waals surface area contributed by atoms with Crippen LogP contribution in [0.3, 0.4) is 0 Å². The molecule has 0 N–H and O–H groups in total. The van der Waals surface area contributed by atoms with Gasteiger partial charge in [-0.05, 0) is 38.0 Å². The van der Waals surface area contributed by atoms with Gasteiger partial charge in [-0.15, -0.1) is 6.58 Å². The van der Waals surface area contributed by atoms with Crippen molar-refractivity contribution in [1.29, 1.82) is 0 Å². The van der Waals surface area contributed by atoms with E-state index in [4.69, 9.17) is 9.47 Å². The second kappa shape index (κ2) is 8.27. The molecule has 0 radical (unpaired) electrons. The summed E-state index contributed by atoms with van der Waals surface area (Å²) in [7, 11) is 0. The van der Waals surface area contributed by atoms with Crippen LogP contribution in [-0.2, 0) is 14.3 Å². The summed E-state index contributed by atoms with van der Waals surface area (Å²) in [5, 5.41) is 0. The Kier molecular flexibility index (Phi) is 6.67. The number of pyridine rings is 1. The molecule has 0 fully saturated rings. The molecule has 0 aliphatic carbocycles. The summed E-state index contributed by atoms with van der Waals surface area (Å²) in [5.41, 5.74) is 2.24. The summed E-state index contributed by atoms with van der Waals surface area (Å²) in [6, 6.07) is 3.86. The molecule has 1 rings (SSSR count). The Morgan fingerprint density at radius 1 is 1.55 bits per heavy atom. The average Bonchev–Trinajstić information content (AvgIpc) is 2.43. The van der Waals surface area contributed by atoms with Crippen molar-refractivity contribution in [3.8, 4) is 0 Å². The lowest BCUT2D eigenvalue weighted by Crippen LogP contribution is -2.14. The number of esters is 1. The van der Waals surface area contributed by atoms with Gasteiger partial charge in [0.2, 0.25) is 0 Å². The molecule has 0 amide bonds. The fraction of sp³-hybridized carbons (Fsp3) is 0.375. The van der Waals surface area contributed by atoms with Gasteiger partial charge in [0.25, 0.3) is 0 Å². The third kappa shape index (κ3) is 4.97. The summed E-state index contributed by atoms with van der Waals surface area (Å²) in [4.78, 5) is 15.6. The van der Waals surface area contributed by atoms with Gasteiger partial charge in [0, 0.05) is 11.9 Å². The zero-order chi connectivity index (χ0) is 15.0. The van der Waals surface area contributed by atoms with E-state index in [1.165, 1.54) is 0 Å². The third-order valence-electron chi connectivity index (χ3n) is 2.70. The number of carbonyl (C=O) groups is 1. The summed E-state index contributed by atoms with van der Waals surface area (Å²) in [6.07, 6.45) is 4.01. The van der Waals surface area contributed by atoms with Crippen LogP contribution in [0.2, 0.25) is 0 Å². The number of hydrogen-bond donors (Lipinski definition) is 0. The van der Waals surface area contributed by atoms with Crippen LogP contribution in [0.1, 0.15) is 30.7 Å². The van der Waals surface area contributed by atoms with Crippen molar-refractivity contribution in [2.45, 2.75) is 26.4 Å². The number of hydrogen-bond acceptors (Lipinski definition) is 4. The lowest BCUT2D eigenvalue weighted by Gasteiger charge is -2.17. The standard InChI is InChI=1S/C16H21NO3/c1-5-7-15(14-8-9-17-13(4)10-14)20-11-12(3)16(18)19-6-2/h5,8-10,15H,1,3,6-7,11H2,2,4H3. The predicted molar refractivity (Wildman–Crippen MR) is 78.3 cm³/mol. The molecule has 20 heavy (non-hydrogen) atoms. The maximum atomic E-state index is 11.5. The number of carbonyl (C=O) groups excluding carboxylic acids is 1. The third-order valence-corrected chi connectivity index (χ3v) is 2.70. The van der Waals surface area contributed by atoms with Crippen molar-refractivity contribution in [3.05, 3.63) is 54.4 Å². The quantitative estimate of drug-likeness (QED) is 0.415. The Morgan fingerprint density at radius 3 is 2.90 bits per heavy atom. The van der Waals surface area contributed by atoms with E-state index < -0.39 is 5.97 Å². The van der Waals surface area contributed by atoms with Crippen LogP contribution in [0.5, 0.6) is 0 Å². The Balaban J connectivity index is 2.66. The Labute approximate surface area is 120 Å². The van der Waals surface area contributed by atoms with Crippen LogP contribution in [0.15, 0.2) is 43.1 Å². The number of nitrogens with zero attached hydrogens (tertiary/aromatic N) is 1. The number of aryl methyl sites for hydroxylation is 1. The SMILES string of the molecule is C=CCC(OCC(=C)C(=O)OCC)c1ccnc(C)c1. The van der Waals surface area contributed by atoms with Gasteiger partial charge in [0.1, 0.15) is 0 Å². The zero-order valence-electron chi connectivity index (χ0n) is 12.1. The van der Waals surface area contributed by atoms with Crippen molar-refractivity contribution in [3.63, 3.8) is 0 Å². The molecule has 0 saturated heterocycles. The fourth-order valence-corrected chi connectivity index (χ4v) is 1.71. The average molecular weight is 275 g/mol. The van der Waals surface area contributed by atoms with Gasteiger partial charge in [-0.1, -0.05) is 12.7 Å². The maximum Gasteiger partial charge on any atom is 0.335 e. The number of rotatable bonds is 8. The van der Waals surface area contributed by atoms with E-state index in [1.807, 2.05) is 19.1 Å². The molecule has 108 valence electrons. The van der Waals surface area contributed by atoms with E-state index in [9.17, 15) is 4.79 Å². The lowest BCUT2D eigenvalue weighted by molar-refractivity contribution is -0.139. The number of aromatic nitrogens is 1. The fourth-order valence-electron chi connectivity index (χ4n) is 1.71. The first kappa shape index (κ1) is 16.1. The second-order valence-electron chi connectivity index (χ2n) is 4.38. The minimum Gasteiger partial charge on any atom is -0.463 e. The minimum atomic E-state index is -0.421. The molecule has 0 aromatic carbocycles. The van der Waals surface area contributed by atoms with Crippen LogP contribution in [0.4, 0.5) is 0 Å². The molecule has 0 aliphatic heterocycles. The van der Waals surface area contributed by atoms with Crippen molar-refractivity contribution in [1.82, 2.24) is 4.98 Å². The van der Waals surface area contributed by atoms with E-state index in [1.54, 1.807) is 19.2 Å². The molecule has 0 aliphatic rings. The van der Waals surface area contributed by atoms with Gasteiger partial charge in [-0.3, -0.25) is 4.98 Å². The highest BCUT2D eigenvalue weighted by atomic mass is 16.5. The first-order valence-electron chi connectivity index (χ1n) is 6.58. The molecule has 1 aromatic heterocycles. The van der Waals surface area contributed by atoms with E-state index in [0.29, 0.717) is 18.6 Å². The molecule has 4 nitrogen and oxygen atoms in total. The van der Waals surface area contributed by atoms with Crippen LogP contribution >= 0.6 is 0 Å². The van der Waals surface area contributed by atoms with E-state index in [0.717, 1.165) is 11.3 Å². The van der Waals surface area contributed by atoms with Crippen LogP contribution in [-0.4, -0.2) is 24.2 Å². The maximum absolute atomic E-state index is 11.5. The van der Waals surface area contributed by atoms with Gasteiger partial charge in [0.15, 0.2) is 0 Å². The van der Waals surface area contributed by atoms with Crippen molar-refractivity contribution >= 4 is 5.97 Å². The Morgan fingerprint density at radius 2 is 2.30 bits per heavy atom. The molecule has 0 bridgehead atoms.